The predicted molar refractivity (Wildman–Crippen MR) is 120 cm³/mol. The van der Waals surface area contributed by atoms with Gasteiger partial charge in [0.15, 0.2) is 0 Å². The number of benzene rings is 3. The van der Waals surface area contributed by atoms with Gasteiger partial charge < -0.3 is 14.8 Å². The van der Waals surface area contributed by atoms with E-state index in [2.05, 4.69) is 20.5 Å². The predicted octanol–water partition coefficient (Wildman–Crippen LogP) is 4.26. The van der Waals surface area contributed by atoms with Crippen molar-refractivity contribution in [2.45, 2.75) is 6.42 Å². The first-order valence-electron chi connectivity index (χ1n) is 9.99. The highest BCUT2D eigenvalue weighted by Crippen LogP contribution is 2.28. The van der Waals surface area contributed by atoms with Crippen LogP contribution in [0.1, 0.15) is 5.56 Å². The number of amides is 1. The molecule has 2 aromatic heterocycles. The number of hydrogen-bond acceptors (Lipinski definition) is 6. The van der Waals surface area contributed by atoms with Crippen LogP contribution in [0.3, 0.4) is 0 Å². The minimum atomic E-state index is -0.140. The lowest BCUT2D eigenvalue weighted by atomic mass is 10.1. The van der Waals surface area contributed by atoms with Crippen molar-refractivity contribution in [3.8, 4) is 17.4 Å². The Kier molecular flexibility index (Phi) is 5.09. The minimum Gasteiger partial charge on any atom is -0.497 e. The van der Waals surface area contributed by atoms with Crippen LogP contribution < -0.4 is 14.8 Å². The van der Waals surface area contributed by atoms with E-state index in [9.17, 15) is 4.79 Å². The molecule has 158 valence electrons. The maximum Gasteiger partial charge on any atom is 0.266 e. The van der Waals surface area contributed by atoms with Gasteiger partial charge in [0.2, 0.25) is 11.6 Å². The average Bonchev–Trinajstić information content (AvgIpc) is 3.30. The lowest BCUT2D eigenvalue weighted by molar-refractivity contribution is -0.115. The fraction of sp³-hybridized carbons (Fsp3) is 0.0833. The first-order valence-corrected chi connectivity index (χ1v) is 9.99. The van der Waals surface area contributed by atoms with E-state index in [1.165, 1.54) is 0 Å². The Morgan fingerprint density at radius 1 is 1.00 bits per heavy atom. The fourth-order valence-corrected chi connectivity index (χ4v) is 3.47. The Morgan fingerprint density at radius 3 is 2.75 bits per heavy atom. The van der Waals surface area contributed by atoms with Gasteiger partial charge in [-0.05, 0) is 42.0 Å². The van der Waals surface area contributed by atoms with Gasteiger partial charge in [0.25, 0.3) is 5.88 Å². The van der Waals surface area contributed by atoms with Crippen LogP contribution in [0.5, 0.6) is 17.4 Å². The van der Waals surface area contributed by atoms with Crippen LogP contribution in [-0.4, -0.2) is 32.6 Å². The number of anilines is 1. The first kappa shape index (κ1) is 19.5. The van der Waals surface area contributed by atoms with Crippen molar-refractivity contribution in [1.29, 1.82) is 0 Å². The third-order valence-corrected chi connectivity index (χ3v) is 4.93. The lowest BCUT2D eigenvalue weighted by Crippen LogP contribution is -2.14. The van der Waals surface area contributed by atoms with Crippen molar-refractivity contribution in [3.05, 3.63) is 84.7 Å². The van der Waals surface area contributed by atoms with Crippen LogP contribution in [0.25, 0.3) is 16.7 Å². The summed E-state index contributed by atoms with van der Waals surface area (Å²) in [4.78, 5) is 17.1. The highest BCUT2D eigenvalue weighted by atomic mass is 16.5. The molecule has 0 radical (unpaired) electrons. The van der Waals surface area contributed by atoms with E-state index in [1.54, 1.807) is 37.7 Å². The number of para-hydroxylation sites is 2. The van der Waals surface area contributed by atoms with Gasteiger partial charge in [0.1, 0.15) is 17.8 Å². The molecule has 1 amide bonds. The van der Waals surface area contributed by atoms with Gasteiger partial charge in [-0.2, -0.15) is 0 Å². The molecule has 32 heavy (non-hydrogen) atoms. The van der Waals surface area contributed by atoms with Gasteiger partial charge in [-0.15, -0.1) is 10.2 Å². The second-order valence-electron chi connectivity index (χ2n) is 7.14. The standard InChI is InChI=1S/C24H19N5O3/c1-31-18-8-4-6-16(12-18)13-22(30)26-17-7-5-9-19(14-17)32-24-23-28-25-15-29(23)21-11-3-2-10-20(21)27-24/h2-12,14-15H,13H2,1H3,(H,26,30). The number of methoxy groups -OCH3 is 1. The summed E-state index contributed by atoms with van der Waals surface area (Å²) >= 11 is 0. The van der Waals surface area contributed by atoms with E-state index in [0.29, 0.717) is 28.7 Å². The van der Waals surface area contributed by atoms with Crippen LogP contribution in [0.4, 0.5) is 5.69 Å². The molecule has 0 atom stereocenters. The van der Waals surface area contributed by atoms with E-state index in [0.717, 1.165) is 16.6 Å². The van der Waals surface area contributed by atoms with Gasteiger partial charge in [-0.25, -0.2) is 4.98 Å². The molecular weight excluding hydrogens is 406 g/mol. The van der Waals surface area contributed by atoms with E-state index in [1.807, 2.05) is 52.9 Å². The molecule has 0 spiro atoms. The summed E-state index contributed by atoms with van der Waals surface area (Å²) in [6.07, 6.45) is 1.86. The summed E-state index contributed by atoms with van der Waals surface area (Å²) < 4.78 is 13.1. The third-order valence-electron chi connectivity index (χ3n) is 4.93. The van der Waals surface area contributed by atoms with E-state index >= 15 is 0 Å². The first-order chi connectivity index (χ1) is 15.7. The molecule has 0 bridgehead atoms. The number of hydrogen-bond donors (Lipinski definition) is 1. The monoisotopic (exact) mass is 425 g/mol. The quantitative estimate of drug-likeness (QED) is 0.437. The number of rotatable bonds is 6. The molecule has 0 aliphatic carbocycles. The molecule has 0 unspecified atom stereocenters. The summed E-state index contributed by atoms with van der Waals surface area (Å²) in [5.41, 5.74) is 3.64. The molecule has 0 saturated carbocycles. The molecular formula is C24H19N5O3. The van der Waals surface area contributed by atoms with Gasteiger partial charge in [0.05, 0.1) is 24.6 Å². The van der Waals surface area contributed by atoms with Gasteiger partial charge in [-0.3, -0.25) is 9.20 Å². The Hall–Kier alpha value is -4.46. The Balaban J connectivity index is 1.36. The molecule has 5 rings (SSSR count). The number of nitrogens with one attached hydrogen (secondary N) is 1. The molecule has 3 aromatic carbocycles. The number of nitrogens with zero attached hydrogens (tertiary/aromatic N) is 4. The number of aromatic nitrogens is 4. The summed E-state index contributed by atoms with van der Waals surface area (Å²) in [5, 5.41) is 11.0. The number of ether oxygens (including phenoxy) is 2. The minimum absolute atomic E-state index is 0.140. The zero-order chi connectivity index (χ0) is 21.9. The van der Waals surface area contributed by atoms with Crippen LogP contribution >= 0.6 is 0 Å². The zero-order valence-corrected chi connectivity index (χ0v) is 17.2. The fourth-order valence-electron chi connectivity index (χ4n) is 3.47. The molecule has 2 heterocycles. The van der Waals surface area contributed by atoms with Crippen LogP contribution in [-0.2, 0) is 11.2 Å². The SMILES string of the molecule is COc1cccc(CC(=O)Nc2cccc(Oc3nc4ccccc4n4cnnc34)c2)c1. The highest BCUT2D eigenvalue weighted by molar-refractivity contribution is 5.92. The molecule has 0 aliphatic heterocycles. The van der Waals surface area contributed by atoms with E-state index < -0.39 is 0 Å². The van der Waals surface area contributed by atoms with Crippen molar-refractivity contribution in [3.63, 3.8) is 0 Å². The molecule has 5 aromatic rings. The largest absolute Gasteiger partial charge is 0.497 e. The summed E-state index contributed by atoms with van der Waals surface area (Å²) in [6.45, 7) is 0. The van der Waals surface area contributed by atoms with E-state index in [4.69, 9.17) is 9.47 Å². The van der Waals surface area contributed by atoms with Crippen molar-refractivity contribution in [2.24, 2.45) is 0 Å². The van der Waals surface area contributed by atoms with Crippen molar-refractivity contribution >= 4 is 28.3 Å². The second-order valence-corrected chi connectivity index (χ2v) is 7.14. The lowest BCUT2D eigenvalue weighted by Gasteiger charge is -2.10. The Labute approximate surface area is 183 Å². The molecule has 0 fully saturated rings. The zero-order valence-electron chi connectivity index (χ0n) is 17.2. The Bertz CT molecular complexity index is 1430. The van der Waals surface area contributed by atoms with Gasteiger partial charge in [-0.1, -0.05) is 30.3 Å². The third kappa shape index (κ3) is 3.93. The maximum atomic E-state index is 12.5. The van der Waals surface area contributed by atoms with Crippen molar-refractivity contribution in [2.75, 3.05) is 12.4 Å². The summed E-state index contributed by atoms with van der Waals surface area (Å²) in [5.74, 6) is 1.44. The topological polar surface area (TPSA) is 90.6 Å². The van der Waals surface area contributed by atoms with Crippen LogP contribution in [0.2, 0.25) is 0 Å². The average molecular weight is 425 g/mol. The number of carbonyl (C=O) groups excluding carboxylic acids is 1. The van der Waals surface area contributed by atoms with Crippen LogP contribution in [0, 0.1) is 0 Å². The summed E-state index contributed by atoms with van der Waals surface area (Å²) in [6, 6.07) is 22.3. The number of carbonyl (C=O) groups is 1. The van der Waals surface area contributed by atoms with Gasteiger partial charge >= 0.3 is 0 Å². The molecule has 1 N–H and O–H groups in total. The molecule has 0 saturated heterocycles. The van der Waals surface area contributed by atoms with Crippen molar-refractivity contribution in [1.82, 2.24) is 19.6 Å². The van der Waals surface area contributed by atoms with E-state index in [-0.39, 0.29) is 12.3 Å². The second kappa shape index (κ2) is 8.35. The summed E-state index contributed by atoms with van der Waals surface area (Å²) in [7, 11) is 1.60. The smallest absolute Gasteiger partial charge is 0.266 e. The van der Waals surface area contributed by atoms with Crippen LogP contribution in [0.15, 0.2) is 79.1 Å². The Morgan fingerprint density at radius 2 is 1.84 bits per heavy atom. The number of fused-ring (bicyclic) bond motifs is 3. The normalized spacial score (nSPS) is 10.9. The van der Waals surface area contributed by atoms with Crippen molar-refractivity contribution < 1.29 is 14.3 Å². The highest BCUT2D eigenvalue weighted by Gasteiger charge is 2.13. The molecule has 8 heteroatoms. The maximum absolute atomic E-state index is 12.5. The molecule has 8 nitrogen and oxygen atoms in total. The van der Waals surface area contributed by atoms with Gasteiger partial charge in [0, 0.05) is 11.8 Å². The molecule has 0 aliphatic rings.